The maximum atomic E-state index is 11.9. The van der Waals surface area contributed by atoms with Crippen LogP contribution in [0.3, 0.4) is 0 Å². The van der Waals surface area contributed by atoms with Gasteiger partial charge in [-0.2, -0.15) is 0 Å². The molecular weight excluding hydrogens is 250 g/mol. The summed E-state index contributed by atoms with van der Waals surface area (Å²) in [5.74, 6) is 0.121. The van der Waals surface area contributed by atoms with Gasteiger partial charge in [0, 0.05) is 29.8 Å². The SMILES string of the molecule is O=C(C=Cc1cc(Cl)ccc1O)N1CCCCC1. The molecule has 1 aliphatic heterocycles. The van der Waals surface area contributed by atoms with Crippen molar-refractivity contribution in [3.63, 3.8) is 0 Å². The summed E-state index contributed by atoms with van der Waals surface area (Å²) in [6, 6.07) is 4.77. The van der Waals surface area contributed by atoms with Crippen molar-refractivity contribution in [3.05, 3.63) is 34.9 Å². The second kappa shape index (κ2) is 5.91. The first-order valence-electron chi connectivity index (χ1n) is 6.12. The van der Waals surface area contributed by atoms with Crippen LogP contribution in [-0.2, 0) is 4.79 Å². The van der Waals surface area contributed by atoms with Crippen molar-refractivity contribution in [2.24, 2.45) is 0 Å². The number of rotatable bonds is 2. The summed E-state index contributed by atoms with van der Waals surface area (Å²) in [4.78, 5) is 13.7. The van der Waals surface area contributed by atoms with Crippen molar-refractivity contribution >= 4 is 23.6 Å². The maximum absolute atomic E-state index is 11.9. The molecule has 1 saturated heterocycles. The van der Waals surface area contributed by atoms with Gasteiger partial charge in [0.2, 0.25) is 5.91 Å². The highest BCUT2D eigenvalue weighted by Gasteiger charge is 2.13. The molecule has 4 heteroatoms. The van der Waals surface area contributed by atoms with E-state index in [9.17, 15) is 9.90 Å². The smallest absolute Gasteiger partial charge is 0.246 e. The van der Waals surface area contributed by atoms with Crippen LogP contribution in [0.15, 0.2) is 24.3 Å². The van der Waals surface area contributed by atoms with Gasteiger partial charge >= 0.3 is 0 Å². The number of aromatic hydroxyl groups is 1. The number of phenols is 1. The third kappa shape index (κ3) is 3.26. The van der Waals surface area contributed by atoms with Crippen molar-refractivity contribution in [1.29, 1.82) is 0 Å². The van der Waals surface area contributed by atoms with Crippen LogP contribution in [0.5, 0.6) is 5.75 Å². The van der Waals surface area contributed by atoms with E-state index < -0.39 is 0 Å². The third-order valence-corrected chi connectivity index (χ3v) is 3.30. The molecule has 0 bridgehead atoms. The maximum Gasteiger partial charge on any atom is 0.246 e. The summed E-state index contributed by atoms with van der Waals surface area (Å²) in [6.45, 7) is 1.65. The number of halogens is 1. The van der Waals surface area contributed by atoms with Gasteiger partial charge in [-0.15, -0.1) is 0 Å². The molecule has 0 atom stereocenters. The van der Waals surface area contributed by atoms with Crippen LogP contribution in [0.4, 0.5) is 0 Å². The Labute approximate surface area is 112 Å². The number of nitrogens with zero attached hydrogens (tertiary/aromatic N) is 1. The van der Waals surface area contributed by atoms with Crippen LogP contribution in [-0.4, -0.2) is 29.0 Å². The molecule has 1 N–H and O–H groups in total. The van der Waals surface area contributed by atoms with Gasteiger partial charge in [-0.05, 0) is 43.5 Å². The van der Waals surface area contributed by atoms with E-state index >= 15 is 0 Å². The van der Waals surface area contributed by atoms with Crippen molar-refractivity contribution in [1.82, 2.24) is 4.90 Å². The summed E-state index contributed by atoms with van der Waals surface area (Å²) in [6.07, 6.45) is 6.45. The fraction of sp³-hybridized carbons (Fsp3) is 0.357. The molecule has 3 nitrogen and oxygen atoms in total. The Kier molecular flexibility index (Phi) is 4.26. The number of hydrogen-bond donors (Lipinski definition) is 1. The van der Waals surface area contributed by atoms with E-state index in [1.165, 1.54) is 18.6 Å². The van der Waals surface area contributed by atoms with Gasteiger partial charge in [-0.25, -0.2) is 0 Å². The topological polar surface area (TPSA) is 40.5 Å². The lowest BCUT2D eigenvalue weighted by Crippen LogP contribution is -2.34. The zero-order valence-electron chi connectivity index (χ0n) is 10.1. The first-order chi connectivity index (χ1) is 8.66. The van der Waals surface area contributed by atoms with Crippen molar-refractivity contribution in [3.8, 4) is 5.75 Å². The molecule has 1 aromatic carbocycles. The fourth-order valence-corrected chi connectivity index (χ4v) is 2.22. The molecule has 0 unspecified atom stereocenters. The Morgan fingerprint density at radius 1 is 1.28 bits per heavy atom. The molecule has 1 amide bonds. The molecule has 0 spiro atoms. The minimum Gasteiger partial charge on any atom is -0.507 e. The van der Waals surface area contributed by atoms with Gasteiger partial charge in [-0.3, -0.25) is 4.79 Å². The summed E-state index contributed by atoms with van der Waals surface area (Å²) in [7, 11) is 0. The highest BCUT2D eigenvalue weighted by Crippen LogP contribution is 2.22. The molecule has 1 heterocycles. The number of carbonyl (C=O) groups is 1. The normalized spacial score (nSPS) is 16.2. The third-order valence-electron chi connectivity index (χ3n) is 3.06. The molecule has 0 saturated carbocycles. The zero-order chi connectivity index (χ0) is 13.0. The zero-order valence-corrected chi connectivity index (χ0v) is 10.9. The van der Waals surface area contributed by atoms with Crippen LogP contribution in [0.2, 0.25) is 5.02 Å². The Hall–Kier alpha value is -1.48. The van der Waals surface area contributed by atoms with E-state index in [-0.39, 0.29) is 11.7 Å². The first-order valence-corrected chi connectivity index (χ1v) is 6.50. The highest BCUT2D eigenvalue weighted by molar-refractivity contribution is 6.30. The first kappa shape index (κ1) is 13.0. The molecule has 96 valence electrons. The molecule has 0 radical (unpaired) electrons. The summed E-state index contributed by atoms with van der Waals surface area (Å²) in [5.41, 5.74) is 0.563. The Balaban J connectivity index is 2.05. The van der Waals surface area contributed by atoms with Crippen LogP contribution < -0.4 is 0 Å². The Morgan fingerprint density at radius 2 is 2.00 bits per heavy atom. The number of amides is 1. The molecule has 0 aromatic heterocycles. The summed E-state index contributed by atoms with van der Waals surface area (Å²) in [5, 5.41) is 10.2. The molecule has 1 fully saturated rings. The molecule has 1 aromatic rings. The van der Waals surface area contributed by atoms with E-state index in [0.717, 1.165) is 25.9 Å². The van der Waals surface area contributed by atoms with Gasteiger partial charge < -0.3 is 10.0 Å². The van der Waals surface area contributed by atoms with Crippen molar-refractivity contribution < 1.29 is 9.90 Å². The van der Waals surface area contributed by atoms with E-state index in [2.05, 4.69) is 0 Å². The number of likely N-dealkylation sites (tertiary alicyclic amines) is 1. The van der Waals surface area contributed by atoms with Crippen LogP contribution >= 0.6 is 11.6 Å². The predicted molar refractivity (Wildman–Crippen MR) is 72.6 cm³/mol. The molecule has 18 heavy (non-hydrogen) atoms. The molecule has 0 aliphatic carbocycles. The second-order valence-corrected chi connectivity index (χ2v) is 4.86. The minimum atomic E-state index is -0.00549. The molecule has 2 rings (SSSR count). The summed E-state index contributed by atoms with van der Waals surface area (Å²) >= 11 is 5.84. The lowest BCUT2D eigenvalue weighted by Gasteiger charge is -2.25. The fourth-order valence-electron chi connectivity index (χ4n) is 2.04. The molecular formula is C14H16ClNO2. The average molecular weight is 266 g/mol. The Bertz CT molecular complexity index is 465. The number of benzene rings is 1. The lowest BCUT2D eigenvalue weighted by molar-refractivity contribution is -0.126. The van der Waals surface area contributed by atoms with Crippen LogP contribution in [0.1, 0.15) is 24.8 Å². The monoisotopic (exact) mass is 265 g/mol. The van der Waals surface area contributed by atoms with Gasteiger partial charge in [0.05, 0.1) is 0 Å². The Morgan fingerprint density at radius 3 is 2.72 bits per heavy atom. The predicted octanol–water partition coefficient (Wildman–Crippen LogP) is 3.07. The van der Waals surface area contributed by atoms with Crippen molar-refractivity contribution in [2.45, 2.75) is 19.3 Å². The summed E-state index contributed by atoms with van der Waals surface area (Å²) < 4.78 is 0. The lowest BCUT2D eigenvalue weighted by atomic mass is 10.1. The number of phenolic OH excluding ortho intramolecular Hbond substituents is 1. The largest absolute Gasteiger partial charge is 0.507 e. The second-order valence-electron chi connectivity index (χ2n) is 4.42. The number of piperidine rings is 1. The highest BCUT2D eigenvalue weighted by atomic mass is 35.5. The van der Waals surface area contributed by atoms with E-state index in [1.807, 2.05) is 4.90 Å². The van der Waals surface area contributed by atoms with E-state index in [1.54, 1.807) is 18.2 Å². The van der Waals surface area contributed by atoms with E-state index in [0.29, 0.717) is 10.6 Å². The number of hydrogen-bond acceptors (Lipinski definition) is 2. The van der Waals surface area contributed by atoms with Gasteiger partial charge in [0.25, 0.3) is 0 Å². The quantitative estimate of drug-likeness (QED) is 0.835. The van der Waals surface area contributed by atoms with Gasteiger partial charge in [0.15, 0.2) is 0 Å². The van der Waals surface area contributed by atoms with Crippen LogP contribution in [0, 0.1) is 0 Å². The standard InChI is InChI=1S/C14H16ClNO2/c15-12-5-6-13(17)11(10-12)4-7-14(18)16-8-2-1-3-9-16/h4-7,10,17H,1-3,8-9H2. The van der Waals surface area contributed by atoms with Gasteiger partial charge in [-0.1, -0.05) is 11.6 Å². The van der Waals surface area contributed by atoms with E-state index in [4.69, 9.17) is 11.6 Å². The van der Waals surface area contributed by atoms with Crippen LogP contribution in [0.25, 0.3) is 6.08 Å². The van der Waals surface area contributed by atoms with Gasteiger partial charge in [0.1, 0.15) is 5.75 Å². The average Bonchev–Trinajstić information content (AvgIpc) is 2.40. The van der Waals surface area contributed by atoms with Crippen molar-refractivity contribution in [2.75, 3.05) is 13.1 Å². The minimum absolute atomic E-state index is 0.00549. The number of carbonyl (C=O) groups excluding carboxylic acids is 1. The molecule has 1 aliphatic rings.